The highest BCUT2D eigenvalue weighted by Crippen LogP contribution is 2.28. The maximum atomic E-state index is 14.1. The second-order valence-corrected chi connectivity index (χ2v) is 4.56. The number of carbonyl (C=O) groups is 2. The van der Waals surface area contributed by atoms with Crippen LogP contribution in [0.5, 0.6) is 5.75 Å². The number of piperidine rings is 1. The van der Waals surface area contributed by atoms with Crippen LogP contribution in [0.4, 0.5) is 9.18 Å². The fourth-order valence-electron chi connectivity index (χ4n) is 2.35. The van der Waals surface area contributed by atoms with E-state index >= 15 is 0 Å². The minimum Gasteiger partial charge on any atom is -0.497 e. The molecule has 1 aliphatic heterocycles. The quantitative estimate of drug-likeness (QED) is 0.774. The zero-order chi connectivity index (χ0) is 14.7. The second-order valence-electron chi connectivity index (χ2n) is 4.56. The van der Waals surface area contributed by atoms with Gasteiger partial charge in [0.15, 0.2) is 0 Å². The van der Waals surface area contributed by atoms with Gasteiger partial charge in [-0.15, -0.1) is 0 Å². The van der Waals surface area contributed by atoms with Crippen molar-refractivity contribution in [3.05, 3.63) is 29.6 Å². The maximum Gasteiger partial charge on any atom is 0.404 e. The zero-order valence-electron chi connectivity index (χ0n) is 10.9. The summed E-state index contributed by atoms with van der Waals surface area (Å²) in [6.07, 6.45) is -1.24. The van der Waals surface area contributed by atoms with Gasteiger partial charge in [-0.1, -0.05) is 6.07 Å². The standard InChI is InChI=1S/C13H15FN2O4/c1-20-7-2-3-8(10(14)4-7)9-6-15-12(17)5-11(9)16-13(18)19/h2-4,9,11,16H,5-6H2,1H3,(H,15,17)(H,18,19). The number of carbonyl (C=O) groups excluding carboxylic acids is 1. The van der Waals surface area contributed by atoms with E-state index in [1.807, 2.05) is 0 Å². The number of amides is 2. The molecule has 2 rings (SSSR count). The first-order valence-corrected chi connectivity index (χ1v) is 6.11. The molecular formula is C13H15FN2O4. The third kappa shape index (κ3) is 2.98. The molecule has 3 N–H and O–H groups in total. The predicted molar refractivity (Wildman–Crippen MR) is 68.3 cm³/mol. The fourth-order valence-corrected chi connectivity index (χ4v) is 2.35. The first-order valence-electron chi connectivity index (χ1n) is 6.11. The Labute approximate surface area is 114 Å². The van der Waals surface area contributed by atoms with E-state index in [0.717, 1.165) is 0 Å². The van der Waals surface area contributed by atoms with Gasteiger partial charge >= 0.3 is 6.09 Å². The van der Waals surface area contributed by atoms with Crippen molar-refractivity contribution in [1.29, 1.82) is 0 Å². The largest absolute Gasteiger partial charge is 0.497 e. The normalized spacial score (nSPS) is 22.0. The summed E-state index contributed by atoms with van der Waals surface area (Å²) in [5.74, 6) is -0.805. The van der Waals surface area contributed by atoms with Crippen LogP contribution in [0.25, 0.3) is 0 Å². The lowest BCUT2D eigenvalue weighted by Crippen LogP contribution is -2.50. The Morgan fingerprint density at radius 2 is 2.30 bits per heavy atom. The molecule has 7 heteroatoms. The van der Waals surface area contributed by atoms with E-state index in [1.54, 1.807) is 12.1 Å². The van der Waals surface area contributed by atoms with E-state index in [4.69, 9.17) is 9.84 Å². The van der Waals surface area contributed by atoms with E-state index in [0.29, 0.717) is 11.3 Å². The van der Waals surface area contributed by atoms with Crippen molar-refractivity contribution in [3.63, 3.8) is 0 Å². The van der Waals surface area contributed by atoms with Crippen LogP contribution < -0.4 is 15.4 Å². The predicted octanol–water partition coefficient (Wildman–Crippen LogP) is 1.07. The Kier molecular flexibility index (Phi) is 4.07. The van der Waals surface area contributed by atoms with Gasteiger partial charge in [0, 0.05) is 31.0 Å². The van der Waals surface area contributed by atoms with Crippen molar-refractivity contribution in [2.75, 3.05) is 13.7 Å². The summed E-state index contributed by atoms with van der Waals surface area (Å²) in [6.45, 7) is 0.188. The van der Waals surface area contributed by atoms with Crippen molar-refractivity contribution in [3.8, 4) is 5.75 Å². The van der Waals surface area contributed by atoms with Crippen LogP contribution in [0.1, 0.15) is 17.9 Å². The van der Waals surface area contributed by atoms with Gasteiger partial charge in [-0.25, -0.2) is 9.18 Å². The molecule has 1 aromatic carbocycles. The highest BCUT2D eigenvalue weighted by atomic mass is 19.1. The second kappa shape index (κ2) is 5.77. The van der Waals surface area contributed by atoms with Crippen LogP contribution in [0.3, 0.4) is 0 Å². The minimum absolute atomic E-state index is 0.0115. The number of nitrogens with one attached hydrogen (secondary N) is 2. The molecule has 1 aromatic rings. The average molecular weight is 282 g/mol. The molecule has 2 unspecified atom stereocenters. The highest BCUT2D eigenvalue weighted by molar-refractivity contribution is 5.79. The van der Waals surface area contributed by atoms with Crippen LogP contribution >= 0.6 is 0 Å². The molecule has 2 atom stereocenters. The molecule has 0 spiro atoms. The number of ether oxygens (including phenoxy) is 1. The van der Waals surface area contributed by atoms with Gasteiger partial charge in [0.1, 0.15) is 11.6 Å². The molecule has 2 amide bonds. The smallest absolute Gasteiger partial charge is 0.404 e. The first kappa shape index (κ1) is 14.1. The van der Waals surface area contributed by atoms with Gasteiger partial charge in [-0.3, -0.25) is 4.79 Å². The lowest BCUT2D eigenvalue weighted by Gasteiger charge is -2.31. The Balaban J connectivity index is 2.28. The molecule has 6 nitrogen and oxygen atoms in total. The summed E-state index contributed by atoms with van der Waals surface area (Å²) in [4.78, 5) is 22.1. The molecule has 1 aliphatic rings. The van der Waals surface area contributed by atoms with Gasteiger partial charge in [-0.05, 0) is 11.6 Å². The number of halogens is 1. The topological polar surface area (TPSA) is 87.7 Å². The number of rotatable bonds is 3. The molecule has 0 aliphatic carbocycles. The summed E-state index contributed by atoms with van der Waals surface area (Å²) in [7, 11) is 1.43. The summed E-state index contributed by atoms with van der Waals surface area (Å²) < 4.78 is 19.0. The van der Waals surface area contributed by atoms with Gasteiger partial charge in [0.25, 0.3) is 0 Å². The molecule has 1 fully saturated rings. The van der Waals surface area contributed by atoms with Gasteiger partial charge in [-0.2, -0.15) is 0 Å². The molecule has 20 heavy (non-hydrogen) atoms. The van der Waals surface area contributed by atoms with Gasteiger partial charge in [0.05, 0.1) is 7.11 Å². The SMILES string of the molecule is COc1ccc(C2CNC(=O)CC2NC(=O)O)c(F)c1. The Morgan fingerprint density at radius 1 is 1.55 bits per heavy atom. The lowest BCUT2D eigenvalue weighted by molar-refractivity contribution is -0.123. The van der Waals surface area contributed by atoms with Crippen LogP contribution in [0.15, 0.2) is 18.2 Å². The van der Waals surface area contributed by atoms with E-state index < -0.39 is 23.9 Å². The highest BCUT2D eigenvalue weighted by Gasteiger charge is 2.33. The van der Waals surface area contributed by atoms with Crippen molar-refractivity contribution in [2.24, 2.45) is 0 Å². The van der Waals surface area contributed by atoms with Crippen molar-refractivity contribution >= 4 is 12.0 Å². The van der Waals surface area contributed by atoms with Gasteiger partial charge < -0.3 is 20.5 Å². The van der Waals surface area contributed by atoms with E-state index in [9.17, 15) is 14.0 Å². The number of hydrogen-bond acceptors (Lipinski definition) is 3. The zero-order valence-corrected chi connectivity index (χ0v) is 10.9. The van der Waals surface area contributed by atoms with Crippen molar-refractivity contribution in [2.45, 2.75) is 18.4 Å². The molecule has 0 saturated carbocycles. The van der Waals surface area contributed by atoms with Gasteiger partial charge in [0.2, 0.25) is 5.91 Å². The third-order valence-corrected chi connectivity index (χ3v) is 3.33. The fraction of sp³-hybridized carbons (Fsp3) is 0.385. The Morgan fingerprint density at radius 3 is 2.90 bits per heavy atom. The minimum atomic E-state index is -1.23. The van der Waals surface area contributed by atoms with Crippen LogP contribution in [-0.4, -0.2) is 36.8 Å². The number of carboxylic acid groups (broad SMARTS) is 1. The summed E-state index contributed by atoms with van der Waals surface area (Å²) >= 11 is 0. The Bertz CT molecular complexity index is 533. The molecule has 0 aromatic heterocycles. The molecule has 0 radical (unpaired) electrons. The molecule has 0 bridgehead atoms. The number of benzene rings is 1. The molecule has 1 heterocycles. The number of hydrogen-bond donors (Lipinski definition) is 3. The molecule has 1 saturated heterocycles. The summed E-state index contributed by atoms with van der Waals surface area (Å²) in [5, 5.41) is 13.7. The van der Waals surface area contributed by atoms with Crippen LogP contribution in [-0.2, 0) is 4.79 Å². The van der Waals surface area contributed by atoms with Crippen molar-refractivity contribution < 1.29 is 23.8 Å². The van der Waals surface area contributed by atoms with E-state index in [2.05, 4.69) is 10.6 Å². The molecule has 108 valence electrons. The van der Waals surface area contributed by atoms with Crippen LogP contribution in [0, 0.1) is 5.82 Å². The van der Waals surface area contributed by atoms with Crippen molar-refractivity contribution in [1.82, 2.24) is 10.6 Å². The first-order chi connectivity index (χ1) is 9.51. The van der Waals surface area contributed by atoms with Crippen LogP contribution in [0.2, 0.25) is 0 Å². The number of methoxy groups -OCH3 is 1. The summed E-state index contributed by atoms with van der Waals surface area (Å²) in [5.41, 5.74) is 0.351. The van der Waals surface area contributed by atoms with E-state index in [1.165, 1.54) is 13.2 Å². The average Bonchev–Trinajstić information content (AvgIpc) is 2.39. The molecular weight excluding hydrogens is 267 g/mol. The lowest BCUT2D eigenvalue weighted by atomic mass is 9.86. The Hall–Kier alpha value is -2.31. The third-order valence-electron chi connectivity index (χ3n) is 3.33. The monoisotopic (exact) mass is 282 g/mol. The summed E-state index contributed by atoms with van der Waals surface area (Å²) in [6, 6.07) is 3.74. The van der Waals surface area contributed by atoms with E-state index in [-0.39, 0.29) is 18.9 Å². The maximum absolute atomic E-state index is 14.1.